The summed E-state index contributed by atoms with van der Waals surface area (Å²) in [5, 5.41) is 0. The van der Waals surface area contributed by atoms with E-state index in [2.05, 4.69) is 0 Å². The van der Waals surface area contributed by atoms with Gasteiger partial charge in [0.15, 0.2) is 13.9 Å². The van der Waals surface area contributed by atoms with Crippen LogP contribution < -0.4 is 0 Å². The highest BCUT2D eigenvalue weighted by molar-refractivity contribution is 6.69. The lowest BCUT2D eigenvalue weighted by Crippen LogP contribution is -2.57. The third-order valence-corrected chi connectivity index (χ3v) is 3.70. The van der Waals surface area contributed by atoms with E-state index < -0.39 is 26.0 Å². The van der Waals surface area contributed by atoms with Crippen LogP contribution in [0.2, 0.25) is 19.6 Å². The highest BCUT2D eigenvalue weighted by Gasteiger charge is 2.57. The van der Waals surface area contributed by atoms with Crippen molar-refractivity contribution in [2.24, 2.45) is 5.92 Å². The quantitative estimate of drug-likeness (QED) is 0.711. The standard InChI is InChI=1S/C11H24F3NOSi/c1-9(8-15(3)4)10(2,11(12,13)14)16-17(5,6)7/h9H,8H2,1-7H3. The topological polar surface area (TPSA) is 12.5 Å². The van der Waals surface area contributed by atoms with Crippen molar-refractivity contribution in [1.29, 1.82) is 0 Å². The Morgan fingerprint density at radius 3 is 1.82 bits per heavy atom. The Kier molecular flexibility index (Phi) is 5.26. The van der Waals surface area contributed by atoms with Crippen LogP contribution in [0.25, 0.3) is 0 Å². The predicted octanol–water partition coefficient (Wildman–Crippen LogP) is 3.36. The van der Waals surface area contributed by atoms with Crippen LogP contribution >= 0.6 is 0 Å². The van der Waals surface area contributed by atoms with Gasteiger partial charge in [0.2, 0.25) is 0 Å². The highest BCUT2D eigenvalue weighted by atomic mass is 28.4. The maximum absolute atomic E-state index is 13.2. The molecule has 0 fully saturated rings. The van der Waals surface area contributed by atoms with Gasteiger partial charge < -0.3 is 9.33 Å². The van der Waals surface area contributed by atoms with Gasteiger partial charge in [0.25, 0.3) is 0 Å². The summed E-state index contributed by atoms with van der Waals surface area (Å²) in [4.78, 5) is 1.75. The maximum atomic E-state index is 13.2. The molecule has 0 heterocycles. The van der Waals surface area contributed by atoms with E-state index in [-0.39, 0.29) is 0 Å². The van der Waals surface area contributed by atoms with Crippen molar-refractivity contribution in [2.75, 3.05) is 20.6 Å². The molecule has 2 unspecified atom stereocenters. The number of rotatable bonds is 5. The second-order valence-electron chi connectivity index (χ2n) is 5.98. The molecule has 0 bridgehead atoms. The molecule has 0 N–H and O–H groups in total. The van der Waals surface area contributed by atoms with Crippen molar-refractivity contribution in [1.82, 2.24) is 4.90 Å². The molecule has 0 saturated carbocycles. The molecule has 0 radical (unpaired) electrons. The Morgan fingerprint density at radius 2 is 1.59 bits per heavy atom. The van der Waals surface area contributed by atoms with Crippen LogP contribution in [-0.2, 0) is 4.43 Å². The summed E-state index contributed by atoms with van der Waals surface area (Å²) in [6, 6.07) is 0. The third kappa shape index (κ3) is 4.97. The molecule has 2 nitrogen and oxygen atoms in total. The van der Waals surface area contributed by atoms with Crippen LogP contribution in [0.3, 0.4) is 0 Å². The van der Waals surface area contributed by atoms with Gasteiger partial charge in [0, 0.05) is 12.5 Å². The second kappa shape index (κ2) is 5.28. The Bertz CT molecular complexity index is 250. The lowest BCUT2D eigenvalue weighted by Gasteiger charge is -2.42. The molecule has 6 heteroatoms. The van der Waals surface area contributed by atoms with Crippen molar-refractivity contribution in [3.63, 3.8) is 0 Å². The fourth-order valence-corrected chi connectivity index (χ4v) is 3.38. The smallest absolute Gasteiger partial charge is 0.404 e. The molecule has 104 valence electrons. The molecule has 0 spiro atoms. The summed E-state index contributed by atoms with van der Waals surface area (Å²) >= 11 is 0. The summed E-state index contributed by atoms with van der Waals surface area (Å²) < 4.78 is 45.1. The van der Waals surface area contributed by atoms with E-state index in [0.29, 0.717) is 6.54 Å². The minimum atomic E-state index is -4.34. The van der Waals surface area contributed by atoms with Gasteiger partial charge in [-0.2, -0.15) is 13.2 Å². The van der Waals surface area contributed by atoms with Crippen molar-refractivity contribution < 1.29 is 17.6 Å². The van der Waals surface area contributed by atoms with Crippen molar-refractivity contribution in [2.45, 2.75) is 45.3 Å². The van der Waals surface area contributed by atoms with Gasteiger partial charge in [-0.05, 0) is 40.7 Å². The lowest BCUT2D eigenvalue weighted by atomic mass is 9.90. The molecule has 0 aromatic rings. The summed E-state index contributed by atoms with van der Waals surface area (Å²) in [5.74, 6) is -0.607. The van der Waals surface area contributed by atoms with Crippen LogP contribution in [0.5, 0.6) is 0 Å². The number of hydrogen-bond donors (Lipinski definition) is 0. The molecular weight excluding hydrogens is 247 g/mol. The molecule has 2 atom stereocenters. The molecule has 0 rings (SSSR count). The van der Waals surface area contributed by atoms with Crippen LogP contribution in [0.4, 0.5) is 13.2 Å². The van der Waals surface area contributed by atoms with Crippen molar-refractivity contribution in [3.05, 3.63) is 0 Å². The molecule has 0 amide bonds. The Labute approximate surface area is 103 Å². The molecule has 0 aliphatic rings. The first kappa shape index (κ1) is 16.9. The minimum absolute atomic E-state index is 0.348. The molecule has 0 saturated heterocycles. The van der Waals surface area contributed by atoms with Gasteiger partial charge in [-0.3, -0.25) is 0 Å². The van der Waals surface area contributed by atoms with E-state index in [1.165, 1.54) is 6.92 Å². The number of alkyl halides is 3. The lowest BCUT2D eigenvalue weighted by molar-refractivity contribution is -0.262. The monoisotopic (exact) mass is 271 g/mol. The number of hydrogen-bond acceptors (Lipinski definition) is 2. The molecule has 17 heavy (non-hydrogen) atoms. The molecule has 0 aliphatic heterocycles. The normalized spacial score (nSPS) is 19.2. The number of halogens is 3. The van der Waals surface area contributed by atoms with E-state index in [0.717, 1.165) is 0 Å². The number of nitrogens with zero attached hydrogens (tertiary/aromatic N) is 1. The third-order valence-electron chi connectivity index (χ3n) is 2.66. The zero-order valence-corrected chi connectivity index (χ0v) is 12.8. The summed E-state index contributed by atoms with van der Waals surface area (Å²) in [5.41, 5.74) is -2.07. The average molecular weight is 271 g/mol. The zero-order valence-electron chi connectivity index (χ0n) is 11.8. The fraction of sp³-hybridized carbons (Fsp3) is 1.00. The zero-order chi connectivity index (χ0) is 14.1. The largest absolute Gasteiger partial charge is 0.416 e. The van der Waals surface area contributed by atoms with Gasteiger partial charge in [0.05, 0.1) is 0 Å². The first-order chi connectivity index (χ1) is 7.29. The molecule has 0 aromatic carbocycles. The van der Waals surface area contributed by atoms with Crippen LogP contribution in [0, 0.1) is 5.92 Å². The van der Waals surface area contributed by atoms with E-state index in [4.69, 9.17) is 4.43 Å². The van der Waals surface area contributed by atoms with Gasteiger partial charge in [-0.1, -0.05) is 6.92 Å². The van der Waals surface area contributed by atoms with Crippen molar-refractivity contribution in [3.8, 4) is 0 Å². The SMILES string of the molecule is CC(CN(C)C)C(C)(O[Si](C)(C)C)C(F)(F)F. The van der Waals surface area contributed by atoms with E-state index in [1.807, 2.05) is 0 Å². The van der Waals surface area contributed by atoms with Crippen LogP contribution in [0.15, 0.2) is 0 Å². The molecule has 0 aromatic heterocycles. The predicted molar refractivity (Wildman–Crippen MR) is 66.6 cm³/mol. The average Bonchev–Trinajstić information content (AvgIpc) is 1.96. The van der Waals surface area contributed by atoms with E-state index in [9.17, 15) is 13.2 Å². The van der Waals surface area contributed by atoms with Gasteiger partial charge >= 0.3 is 6.18 Å². The first-order valence-corrected chi connectivity index (χ1v) is 9.12. The van der Waals surface area contributed by atoms with Crippen LogP contribution in [-0.4, -0.2) is 45.6 Å². The minimum Gasteiger partial charge on any atom is -0.404 e. The second-order valence-corrected chi connectivity index (χ2v) is 10.4. The fourth-order valence-electron chi connectivity index (χ4n) is 1.80. The summed E-state index contributed by atoms with van der Waals surface area (Å²) in [6.45, 7) is 8.44. The summed E-state index contributed by atoms with van der Waals surface area (Å²) in [6.07, 6.45) is -4.34. The maximum Gasteiger partial charge on any atom is 0.416 e. The van der Waals surface area contributed by atoms with Crippen LogP contribution in [0.1, 0.15) is 13.8 Å². The molecular formula is C11H24F3NOSi. The Hall–Kier alpha value is -0.0731. The van der Waals surface area contributed by atoms with Gasteiger partial charge in [0.1, 0.15) is 0 Å². The summed E-state index contributed by atoms with van der Waals surface area (Å²) in [7, 11) is 1.28. The van der Waals surface area contributed by atoms with Crippen molar-refractivity contribution >= 4 is 8.32 Å². The Morgan fingerprint density at radius 1 is 1.18 bits per heavy atom. The van der Waals surface area contributed by atoms with E-state index >= 15 is 0 Å². The van der Waals surface area contributed by atoms with Gasteiger partial charge in [-0.15, -0.1) is 0 Å². The molecule has 0 aliphatic carbocycles. The Balaban J connectivity index is 5.12. The van der Waals surface area contributed by atoms with E-state index in [1.54, 1.807) is 45.6 Å². The van der Waals surface area contributed by atoms with Gasteiger partial charge in [-0.25, -0.2) is 0 Å². The first-order valence-electron chi connectivity index (χ1n) is 5.71. The highest BCUT2D eigenvalue weighted by Crippen LogP contribution is 2.41.